The number of ether oxygens (including phenoxy) is 2. The Hall–Kier alpha value is -0.740. The summed E-state index contributed by atoms with van der Waals surface area (Å²) in [6, 6.07) is 3.94. The zero-order valence-electron chi connectivity index (χ0n) is 11.3. The maximum absolute atomic E-state index is 6.37. The van der Waals surface area contributed by atoms with Crippen molar-refractivity contribution in [3.63, 3.8) is 0 Å². The summed E-state index contributed by atoms with van der Waals surface area (Å²) in [5, 5.41) is 0. The average molecular weight is 314 g/mol. The van der Waals surface area contributed by atoms with Gasteiger partial charge in [-0.05, 0) is 45.8 Å². The van der Waals surface area contributed by atoms with E-state index in [1.807, 2.05) is 12.1 Å². The second-order valence-corrected chi connectivity index (χ2v) is 6.32. The minimum atomic E-state index is 0.0113. The Morgan fingerprint density at radius 3 is 2.39 bits per heavy atom. The Morgan fingerprint density at radius 1 is 1.33 bits per heavy atom. The predicted molar refractivity (Wildman–Crippen MR) is 76.1 cm³/mol. The van der Waals surface area contributed by atoms with Crippen LogP contribution in [0.15, 0.2) is 16.6 Å². The summed E-state index contributed by atoms with van der Waals surface area (Å²) in [5.41, 5.74) is 7.76. The molecule has 18 heavy (non-hydrogen) atoms. The lowest BCUT2D eigenvalue weighted by Crippen LogP contribution is -2.16. The van der Waals surface area contributed by atoms with E-state index in [2.05, 4.69) is 29.8 Å². The molecule has 0 bridgehead atoms. The molecule has 1 aliphatic rings. The van der Waals surface area contributed by atoms with Crippen LogP contribution in [0.5, 0.6) is 11.5 Å². The van der Waals surface area contributed by atoms with E-state index in [0.717, 1.165) is 21.5 Å². The van der Waals surface area contributed by atoms with E-state index in [1.165, 1.54) is 6.42 Å². The molecule has 0 aromatic heterocycles. The Labute approximate surface area is 117 Å². The van der Waals surface area contributed by atoms with Crippen LogP contribution in [0.4, 0.5) is 0 Å². The molecule has 0 amide bonds. The zero-order chi connectivity index (χ0) is 13.5. The van der Waals surface area contributed by atoms with Gasteiger partial charge in [-0.3, -0.25) is 0 Å². The molecule has 4 heteroatoms. The summed E-state index contributed by atoms with van der Waals surface area (Å²) in [5.74, 6) is 2.06. The van der Waals surface area contributed by atoms with Crippen molar-refractivity contribution in [1.29, 1.82) is 0 Å². The number of benzene rings is 1. The average Bonchev–Trinajstić information content (AvgIpc) is 2.97. The lowest BCUT2D eigenvalue weighted by atomic mass is 9.97. The van der Waals surface area contributed by atoms with Crippen LogP contribution < -0.4 is 15.2 Å². The highest BCUT2D eigenvalue weighted by atomic mass is 79.9. The van der Waals surface area contributed by atoms with Crippen LogP contribution in [-0.4, -0.2) is 14.2 Å². The summed E-state index contributed by atoms with van der Waals surface area (Å²) in [4.78, 5) is 0. The third kappa shape index (κ3) is 2.24. The fourth-order valence-corrected chi connectivity index (χ4v) is 3.20. The molecule has 1 aromatic rings. The standard InChI is InChI=1S/C14H20BrNO2/c1-14(2)7-9(14)12(16)8-5-6-10(17-3)11(15)13(8)18-4/h5-6,9,12H,7,16H2,1-4H3. The summed E-state index contributed by atoms with van der Waals surface area (Å²) in [6.07, 6.45) is 1.17. The van der Waals surface area contributed by atoms with Gasteiger partial charge in [0.2, 0.25) is 0 Å². The highest BCUT2D eigenvalue weighted by molar-refractivity contribution is 9.10. The normalized spacial score (nSPS) is 22.4. The molecule has 1 aliphatic carbocycles. The molecular formula is C14H20BrNO2. The molecule has 0 heterocycles. The number of nitrogens with two attached hydrogens (primary N) is 1. The lowest BCUT2D eigenvalue weighted by molar-refractivity contribution is 0.378. The first-order chi connectivity index (χ1) is 8.42. The van der Waals surface area contributed by atoms with Crippen molar-refractivity contribution in [1.82, 2.24) is 0 Å². The van der Waals surface area contributed by atoms with E-state index in [4.69, 9.17) is 15.2 Å². The molecule has 0 saturated heterocycles. The van der Waals surface area contributed by atoms with Crippen LogP contribution in [0.1, 0.15) is 31.9 Å². The van der Waals surface area contributed by atoms with E-state index in [-0.39, 0.29) is 6.04 Å². The minimum Gasteiger partial charge on any atom is -0.495 e. The molecule has 0 aliphatic heterocycles. The summed E-state index contributed by atoms with van der Waals surface area (Å²) >= 11 is 3.51. The molecule has 2 atom stereocenters. The van der Waals surface area contributed by atoms with Crippen molar-refractivity contribution in [3.8, 4) is 11.5 Å². The molecule has 100 valence electrons. The SMILES string of the molecule is COc1ccc(C(N)C2CC2(C)C)c(OC)c1Br. The minimum absolute atomic E-state index is 0.0113. The largest absolute Gasteiger partial charge is 0.495 e. The number of hydrogen-bond donors (Lipinski definition) is 1. The molecule has 1 aromatic carbocycles. The molecule has 0 spiro atoms. The third-order valence-corrected chi connectivity index (χ3v) is 4.65. The molecule has 1 fully saturated rings. The molecule has 2 rings (SSSR count). The molecule has 2 unspecified atom stereocenters. The lowest BCUT2D eigenvalue weighted by Gasteiger charge is -2.19. The highest BCUT2D eigenvalue weighted by Gasteiger charge is 2.50. The van der Waals surface area contributed by atoms with E-state index in [1.54, 1.807) is 14.2 Å². The summed E-state index contributed by atoms with van der Waals surface area (Å²) in [6.45, 7) is 4.51. The van der Waals surface area contributed by atoms with Gasteiger partial charge in [0, 0.05) is 11.6 Å². The zero-order valence-corrected chi connectivity index (χ0v) is 12.9. The van der Waals surface area contributed by atoms with Crippen molar-refractivity contribution in [2.45, 2.75) is 26.3 Å². The van der Waals surface area contributed by atoms with Crippen LogP contribution in [0.25, 0.3) is 0 Å². The number of hydrogen-bond acceptors (Lipinski definition) is 3. The summed E-state index contributed by atoms with van der Waals surface area (Å²) < 4.78 is 11.6. The van der Waals surface area contributed by atoms with Gasteiger partial charge in [-0.2, -0.15) is 0 Å². The van der Waals surface area contributed by atoms with Gasteiger partial charge in [-0.25, -0.2) is 0 Å². The molecule has 1 saturated carbocycles. The van der Waals surface area contributed by atoms with Crippen LogP contribution >= 0.6 is 15.9 Å². The second-order valence-electron chi connectivity index (χ2n) is 5.53. The van der Waals surface area contributed by atoms with Crippen LogP contribution in [0.3, 0.4) is 0 Å². The quantitative estimate of drug-likeness (QED) is 0.925. The molecule has 2 N–H and O–H groups in total. The predicted octanol–water partition coefficient (Wildman–Crippen LogP) is 3.51. The van der Waals surface area contributed by atoms with Crippen molar-refractivity contribution >= 4 is 15.9 Å². The monoisotopic (exact) mass is 313 g/mol. The van der Waals surface area contributed by atoms with Gasteiger partial charge in [0.05, 0.1) is 14.2 Å². The first kappa shape index (κ1) is 13.7. The Morgan fingerprint density at radius 2 is 1.94 bits per heavy atom. The highest BCUT2D eigenvalue weighted by Crippen LogP contribution is 2.58. The fraction of sp³-hybridized carbons (Fsp3) is 0.571. The van der Waals surface area contributed by atoms with Gasteiger partial charge in [0.25, 0.3) is 0 Å². The number of methoxy groups -OCH3 is 2. The Kier molecular flexibility index (Phi) is 3.60. The van der Waals surface area contributed by atoms with Crippen molar-refractivity contribution < 1.29 is 9.47 Å². The van der Waals surface area contributed by atoms with E-state index >= 15 is 0 Å². The van der Waals surface area contributed by atoms with Crippen molar-refractivity contribution in [2.75, 3.05) is 14.2 Å². The fourth-order valence-electron chi connectivity index (χ4n) is 2.52. The molecule has 3 nitrogen and oxygen atoms in total. The topological polar surface area (TPSA) is 44.5 Å². The van der Waals surface area contributed by atoms with E-state index in [0.29, 0.717) is 11.3 Å². The van der Waals surface area contributed by atoms with Gasteiger partial charge < -0.3 is 15.2 Å². The maximum atomic E-state index is 6.37. The van der Waals surface area contributed by atoms with E-state index < -0.39 is 0 Å². The molecular weight excluding hydrogens is 294 g/mol. The first-order valence-corrected chi connectivity index (χ1v) is 6.87. The Balaban J connectivity index is 2.36. The second kappa shape index (κ2) is 4.74. The third-order valence-electron chi connectivity index (χ3n) is 3.90. The van der Waals surface area contributed by atoms with Gasteiger partial charge in [0.15, 0.2) is 0 Å². The smallest absolute Gasteiger partial charge is 0.141 e. The van der Waals surface area contributed by atoms with Gasteiger partial charge in [0.1, 0.15) is 16.0 Å². The van der Waals surface area contributed by atoms with Crippen LogP contribution in [0, 0.1) is 11.3 Å². The van der Waals surface area contributed by atoms with Gasteiger partial charge >= 0.3 is 0 Å². The molecule has 0 radical (unpaired) electrons. The number of halogens is 1. The summed E-state index contributed by atoms with van der Waals surface area (Å²) in [7, 11) is 3.30. The first-order valence-electron chi connectivity index (χ1n) is 6.08. The van der Waals surface area contributed by atoms with Crippen molar-refractivity contribution in [2.24, 2.45) is 17.1 Å². The number of rotatable bonds is 4. The van der Waals surface area contributed by atoms with Crippen molar-refractivity contribution in [3.05, 3.63) is 22.2 Å². The van der Waals surface area contributed by atoms with E-state index in [9.17, 15) is 0 Å². The van der Waals surface area contributed by atoms with Gasteiger partial charge in [-0.1, -0.05) is 13.8 Å². The maximum Gasteiger partial charge on any atom is 0.141 e. The van der Waals surface area contributed by atoms with Gasteiger partial charge in [-0.15, -0.1) is 0 Å². The van der Waals surface area contributed by atoms with Crippen LogP contribution in [-0.2, 0) is 0 Å². The van der Waals surface area contributed by atoms with Crippen LogP contribution in [0.2, 0.25) is 0 Å². The Bertz CT molecular complexity index is 459.